The van der Waals surface area contributed by atoms with Gasteiger partial charge in [-0.05, 0) is 19.8 Å². The normalized spacial score (nSPS) is 19.8. The molecule has 0 bridgehead atoms. The minimum absolute atomic E-state index is 0.187. The highest BCUT2D eigenvalue weighted by atomic mass is 16.3. The van der Waals surface area contributed by atoms with Crippen molar-refractivity contribution in [2.45, 2.75) is 52.0 Å². The summed E-state index contributed by atoms with van der Waals surface area (Å²) in [6.07, 6.45) is 5.45. The van der Waals surface area contributed by atoms with Crippen molar-refractivity contribution >= 4 is 11.6 Å². The predicted molar refractivity (Wildman–Crippen MR) is 82.3 cm³/mol. The molecule has 1 aromatic heterocycles. The van der Waals surface area contributed by atoms with Crippen LogP contribution in [0.25, 0.3) is 0 Å². The first-order chi connectivity index (χ1) is 9.78. The average molecular weight is 278 g/mol. The molecule has 2 N–H and O–H groups in total. The molecule has 1 aliphatic rings. The number of hydrogen-bond donors (Lipinski definition) is 2. The SMILES string of the molecule is CCNc1cc(N2CCCCCC2CO)nc(CC)n1. The molecule has 0 spiro atoms. The first-order valence-corrected chi connectivity index (χ1v) is 7.77. The number of aliphatic hydroxyl groups excluding tert-OH is 1. The van der Waals surface area contributed by atoms with Gasteiger partial charge in [-0.25, -0.2) is 9.97 Å². The van der Waals surface area contributed by atoms with E-state index in [9.17, 15) is 5.11 Å². The van der Waals surface area contributed by atoms with Crippen LogP contribution in [0.5, 0.6) is 0 Å². The summed E-state index contributed by atoms with van der Waals surface area (Å²) in [5.41, 5.74) is 0. The van der Waals surface area contributed by atoms with Crippen LogP contribution in [0.1, 0.15) is 45.4 Å². The average Bonchev–Trinajstić information content (AvgIpc) is 2.72. The van der Waals surface area contributed by atoms with Gasteiger partial charge in [0, 0.05) is 25.6 Å². The summed E-state index contributed by atoms with van der Waals surface area (Å²) >= 11 is 0. The molecule has 1 aromatic rings. The Bertz CT molecular complexity index is 424. The third kappa shape index (κ3) is 3.60. The zero-order valence-electron chi connectivity index (χ0n) is 12.6. The lowest BCUT2D eigenvalue weighted by Crippen LogP contribution is -2.38. The van der Waals surface area contributed by atoms with Gasteiger partial charge in [0.25, 0.3) is 0 Å². The summed E-state index contributed by atoms with van der Waals surface area (Å²) in [6, 6.07) is 2.20. The molecule has 1 fully saturated rings. The molecule has 1 saturated heterocycles. The Morgan fingerprint density at radius 2 is 2.15 bits per heavy atom. The second-order valence-corrected chi connectivity index (χ2v) is 5.29. The van der Waals surface area contributed by atoms with Gasteiger partial charge in [-0.15, -0.1) is 0 Å². The topological polar surface area (TPSA) is 61.3 Å². The molecule has 1 atom stereocenters. The van der Waals surface area contributed by atoms with Crippen LogP contribution in [0.3, 0.4) is 0 Å². The lowest BCUT2D eigenvalue weighted by Gasteiger charge is -2.30. The van der Waals surface area contributed by atoms with Gasteiger partial charge >= 0.3 is 0 Å². The van der Waals surface area contributed by atoms with E-state index < -0.39 is 0 Å². The molecule has 5 heteroatoms. The fourth-order valence-corrected chi connectivity index (χ4v) is 2.73. The van der Waals surface area contributed by atoms with E-state index in [-0.39, 0.29) is 12.6 Å². The van der Waals surface area contributed by atoms with Crippen LogP contribution in [0, 0.1) is 0 Å². The standard InChI is InChI=1S/C15H26N4O/c1-3-13-17-14(16-4-2)10-15(18-13)19-9-7-5-6-8-12(19)11-20/h10,12,20H,3-9,11H2,1-2H3,(H,16,17,18). The fraction of sp³-hybridized carbons (Fsp3) is 0.733. The van der Waals surface area contributed by atoms with Gasteiger partial charge in [0.15, 0.2) is 0 Å². The van der Waals surface area contributed by atoms with Crippen LogP contribution in [0.4, 0.5) is 11.6 Å². The third-order valence-corrected chi connectivity index (χ3v) is 3.82. The van der Waals surface area contributed by atoms with Crippen molar-refractivity contribution in [3.05, 3.63) is 11.9 Å². The van der Waals surface area contributed by atoms with Crippen molar-refractivity contribution in [1.82, 2.24) is 9.97 Å². The third-order valence-electron chi connectivity index (χ3n) is 3.82. The van der Waals surface area contributed by atoms with Crippen LogP contribution < -0.4 is 10.2 Å². The zero-order valence-corrected chi connectivity index (χ0v) is 12.6. The van der Waals surface area contributed by atoms with Crippen molar-refractivity contribution in [3.8, 4) is 0 Å². The molecular formula is C15H26N4O. The van der Waals surface area contributed by atoms with E-state index in [2.05, 4.69) is 34.0 Å². The number of aromatic nitrogens is 2. The first kappa shape index (κ1) is 15.0. The molecular weight excluding hydrogens is 252 g/mol. The van der Waals surface area contributed by atoms with Gasteiger partial charge in [0.1, 0.15) is 17.5 Å². The lowest BCUT2D eigenvalue weighted by atomic mass is 10.1. The van der Waals surface area contributed by atoms with Gasteiger partial charge in [-0.2, -0.15) is 0 Å². The van der Waals surface area contributed by atoms with Gasteiger partial charge in [0.2, 0.25) is 0 Å². The number of rotatable bonds is 5. The highest BCUT2D eigenvalue weighted by Crippen LogP contribution is 2.24. The zero-order chi connectivity index (χ0) is 14.4. The fourth-order valence-electron chi connectivity index (χ4n) is 2.73. The molecule has 20 heavy (non-hydrogen) atoms. The minimum Gasteiger partial charge on any atom is -0.394 e. The summed E-state index contributed by atoms with van der Waals surface area (Å²) in [5, 5.41) is 12.9. The van der Waals surface area contributed by atoms with Crippen molar-refractivity contribution in [2.24, 2.45) is 0 Å². The van der Waals surface area contributed by atoms with Crippen LogP contribution in [0.2, 0.25) is 0 Å². The molecule has 0 amide bonds. The number of aryl methyl sites for hydroxylation is 1. The smallest absolute Gasteiger partial charge is 0.134 e. The maximum atomic E-state index is 9.65. The Labute approximate surface area is 121 Å². The molecule has 112 valence electrons. The predicted octanol–water partition coefficient (Wildman–Crippen LogP) is 2.21. The number of nitrogens with one attached hydrogen (secondary N) is 1. The second-order valence-electron chi connectivity index (χ2n) is 5.29. The molecule has 2 rings (SSSR count). The first-order valence-electron chi connectivity index (χ1n) is 7.77. The van der Waals surface area contributed by atoms with Crippen molar-refractivity contribution in [1.29, 1.82) is 0 Å². The van der Waals surface area contributed by atoms with E-state index in [4.69, 9.17) is 0 Å². The van der Waals surface area contributed by atoms with E-state index in [0.717, 1.165) is 43.4 Å². The lowest BCUT2D eigenvalue weighted by molar-refractivity contribution is 0.254. The number of hydrogen-bond acceptors (Lipinski definition) is 5. The second kappa shape index (κ2) is 7.43. The monoisotopic (exact) mass is 278 g/mol. The highest BCUT2D eigenvalue weighted by molar-refractivity contribution is 5.50. The summed E-state index contributed by atoms with van der Waals surface area (Å²) in [4.78, 5) is 11.4. The van der Waals surface area contributed by atoms with Gasteiger partial charge in [0.05, 0.1) is 12.6 Å². The summed E-state index contributed by atoms with van der Waals surface area (Å²) in [6.45, 7) is 6.15. The highest BCUT2D eigenvalue weighted by Gasteiger charge is 2.22. The summed E-state index contributed by atoms with van der Waals surface area (Å²) in [7, 11) is 0. The van der Waals surface area contributed by atoms with E-state index in [1.54, 1.807) is 0 Å². The van der Waals surface area contributed by atoms with Crippen molar-refractivity contribution in [2.75, 3.05) is 29.9 Å². The van der Waals surface area contributed by atoms with Gasteiger partial charge < -0.3 is 15.3 Å². The Morgan fingerprint density at radius 3 is 2.85 bits per heavy atom. The Hall–Kier alpha value is -1.36. The van der Waals surface area contributed by atoms with Gasteiger partial charge in [-0.1, -0.05) is 19.8 Å². The Balaban J connectivity index is 2.30. The number of nitrogens with zero attached hydrogens (tertiary/aromatic N) is 3. The number of anilines is 2. The quantitative estimate of drug-likeness (QED) is 0.864. The largest absolute Gasteiger partial charge is 0.394 e. The van der Waals surface area contributed by atoms with Crippen LogP contribution in [-0.4, -0.2) is 40.8 Å². The summed E-state index contributed by atoms with van der Waals surface area (Å²) < 4.78 is 0. The van der Waals surface area contributed by atoms with Crippen molar-refractivity contribution < 1.29 is 5.11 Å². The molecule has 2 heterocycles. The number of aliphatic hydroxyl groups is 1. The van der Waals surface area contributed by atoms with Crippen LogP contribution in [-0.2, 0) is 6.42 Å². The molecule has 5 nitrogen and oxygen atoms in total. The molecule has 0 radical (unpaired) electrons. The molecule has 1 aliphatic heterocycles. The maximum Gasteiger partial charge on any atom is 0.134 e. The van der Waals surface area contributed by atoms with Crippen LogP contribution in [0.15, 0.2) is 6.07 Å². The molecule has 0 aliphatic carbocycles. The van der Waals surface area contributed by atoms with E-state index in [1.165, 1.54) is 19.3 Å². The van der Waals surface area contributed by atoms with Crippen LogP contribution >= 0.6 is 0 Å². The summed E-state index contributed by atoms with van der Waals surface area (Å²) in [5.74, 6) is 2.70. The Kier molecular flexibility index (Phi) is 5.59. The van der Waals surface area contributed by atoms with E-state index in [0.29, 0.717) is 0 Å². The van der Waals surface area contributed by atoms with Gasteiger partial charge in [-0.3, -0.25) is 0 Å². The molecule has 1 unspecified atom stereocenters. The van der Waals surface area contributed by atoms with E-state index >= 15 is 0 Å². The Morgan fingerprint density at radius 1 is 1.30 bits per heavy atom. The molecule has 0 aromatic carbocycles. The van der Waals surface area contributed by atoms with Crippen molar-refractivity contribution in [3.63, 3.8) is 0 Å². The molecule has 0 saturated carbocycles. The minimum atomic E-state index is 0.187. The maximum absolute atomic E-state index is 9.65. The van der Waals surface area contributed by atoms with E-state index in [1.807, 2.05) is 6.07 Å².